The average Bonchev–Trinajstić information content (AvgIpc) is 3.73. The van der Waals surface area contributed by atoms with Gasteiger partial charge in [-0.25, -0.2) is 4.98 Å². The van der Waals surface area contributed by atoms with Crippen LogP contribution in [0.15, 0.2) is 36.4 Å². The second kappa shape index (κ2) is 10.5. The van der Waals surface area contributed by atoms with Crippen molar-refractivity contribution in [3.8, 4) is 17.3 Å². The van der Waals surface area contributed by atoms with E-state index in [-0.39, 0.29) is 11.2 Å². The fraction of sp³-hybridized carbons (Fsp3) is 0.448. The summed E-state index contributed by atoms with van der Waals surface area (Å²) in [7, 11) is 3.13. The molecule has 3 atom stereocenters. The van der Waals surface area contributed by atoms with Gasteiger partial charge in [-0.2, -0.15) is 14.6 Å². The number of hydrogen-bond acceptors (Lipinski definition) is 10. The lowest BCUT2D eigenvalue weighted by Crippen LogP contribution is -2.51. The SMILES string of the molecule is COc1cc2nc(Cl)nc(-n3nc(Nc4ccc(N5CCN(C6CC7CCC6C7)CC5)cc4)nc3N)c2cc1OC. The highest BCUT2D eigenvalue weighted by molar-refractivity contribution is 6.28. The molecule has 0 radical (unpaired) electrons. The van der Waals surface area contributed by atoms with Crippen LogP contribution in [-0.2, 0) is 0 Å². The van der Waals surface area contributed by atoms with Gasteiger partial charge in [0.25, 0.3) is 0 Å². The van der Waals surface area contributed by atoms with Gasteiger partial charge in [0.2, 0.25) is 17.2 Å². The predicted octanol–water partition coefficient (Wildman–Crippen LogP) is 4.52. The maximum atomic E-state index is 6.27. The first-order chi connectivity index (χ1) is 20.0. The molecule has 1 saturated heterocycles. The fourth-order valence-electron chi connectivity index (χ4n) is 6.96. The summed E-state index contributed by atoms with van der Waals surface area (Å²) in [5.74, 6) is 3.88. The van der Waals surface area contributed by atoms with E-state index in [1.165, 1.54) is 36.1 Å². The minimum atomic E-state index is 0.0519. The van der Waals surface area contributed by atoms with Crippen LogP contribution in [0.4, 0.5) is 23.3 Å². The standard InChI is InChI=1S/C29H34ClN9O2/c1-40-24-15-21-22(16-25(24)41-2)33-27(30)34-26(21)39-28(31)35-29(36-39)32-19-5-7-20(8-6-19)37-9-11-38(12-10-37)23-14-17-3-4-18(23)13-17/h5-8,15-18,23H,3-4,9-14H2,1-2H3,(H3,31,32,35,36). The van der Waals surface area contributed by atoms with Crippen LogP contribution in [0, 0.1) is 11.8 Å². The van der Waals surface area contributed by atoms with E-state index >= 15 is 0 Å². The van der Waals surface area contributed by atoms with Gasteiger partial charge >= 0.3 is 0 Å². The Balaban J connectivity index is 1.05. The molecule has 1 aliphatic heterocycles. The molecule has 214 valence electrons. The topological polar surface area (TPSA) is 119 Å². The number of ether oxygens (including phenoxy) is 2. The number of nitrogens with two attached hydrogens (primary N) is 1. The first-order valence-electron chi connectivity index (χ1n) is 14.2. The predicted molar refractivity (Wildman–Crippen MR) is 160 cm³/mol. The molecule has 2 aromatic carbocycles. The molecule has 3 fully saturated rings. The van der Waals surface area contributed by atoms with Crippen molar-refractivity contribution in [1.82, 2.24) is 29.6 Å². The van der Waals surface area contributed by atoms with Crippen molar-refractivity contribution in [2.45, 2.75) is 31.7 Å². The maximum Gasteiger partial charge on any atom is 0.248 e. The Hall–Kier alpha value is -3.83. The van der Waals surface area contributed by atoms with Gasteiger partial charge < -0.3 is 25.4 Å². The third-order valence-electron chi connectivity index (χ3n) is 8.96. The number of piperazine rings is 1. The van der Waals surface area contributed by atoms with Crippen molar-refractivity contribution in [2.24, 2.45) is 11.8 Å². The highest BCUT2D eigenvalue weighted by Gasteiger charge is 2.42. The van der Waals surface area contributed by atoms with Gasteiger partial charge in [0.05, 0.1) is 19.7 Å². The van der Waals surface area contributed by atoms with Gasteiger partial charge in [0.15, 0.2) is 17.3 Å². The Labute approximate surface area is 243 Å². The van der Waals surface area contributed by atoms with Gasteiger partial charge in [-0.05, 0) is 73.0 Å². The molecule has 0 amide bonds. The molecule has 3 heterocycles. The zero-order valence-electron chi connectivity index (χ0n) is 23.3. The number of nitrogens with zero attached hydrogens (tertiary/aromatic N) is 7. The molecule has 3 N–H and O–H groups in total. The summed E-state index contributed by atoms with van der Waals surface area (Å²) in [6.07, 6.45) is 5.78. The highest BCUT2D eigenvalue weighted by Crippen LogP contribution is 2.46. The van der Waals surface area contributed by atoms with Crippen molar-refractivity contribution in [3.05, 3.63) is 41.7 Å². The Kier molecular flexibility index (Phi) is 6.70. The second-order valence-corrected chi connectivity index (χ2v) is 11.5. The molecule has 7 rings (SSSR count). The lowest BCUT2D eigenvalue weighted by molar-refractivity contribution is 0.135. The second-order valence-electron chi connectivity index (χ2n) is 11.2. The van der Waals surface area contributed by atoms with Crippen LogP contribution in [0.3, 0.4) is 0 Å². The summed E-state index contributed by atoms with van der Waals surface area (Å²) in [5, 5.41) is 8.52. The summed E-state index contributed by atoms with van der Waals surface area (Å²) in [6.45, 7) is 4.42. The fourth-order valence-corrected chi connectivity index (χ4v) is 7.13. The van der Waals surface area contributed by atoms with Crippen molar-refractivity contribution < 1.29 is 9.47 Å². The summed E-state index contributed by atoms with van der Waals surface area (Å²) in [4.78, 5) is 18.4. The smallest absolute Gasteiger partial charge is 0.248 e. The number of rotatable bonds is 7. The van der Waals surface area contributed by atoms with Crippen molar-refractivity contribution in [3.63, 3.8) is 0 Å². The van der Waals surface area contributed by atoms with Crippen molar-refractivity contribution in [1.29, 1.82) is 0 Å². The van der Waals surface area contributed by atoms with Gasteiger partial charge in [-0.1, -0.05) is 6.42 Å². The Morgan fingerprint density at radius 2 is 1.68 bits per heavy atom. The van der Waals surface area contributed by atoms with Gasteiger partial charge in [0, 0.05) is 55.0 Å². The minimum Gasteiger partial charge on any atom is -0.493 e. The number of halogens is 1. The van der Waals surface area contributed by atoms with Crippen LogP contribution in [0.25, 0.3) is 16.7 Å². The van der Waals surface area contributed by atoms with Crippen LogP contribution in [0.5, 0.6) is 11.5 Å². The van der Waals surface area contributed by atoms with Crippen molar-refractivity contribution in [2.75, 3.05) is 56.3 Å². The molecular weight excluding hydrogens is 542 g/mol. The third kappa shape index (κ3) is 4.87. The van der Waals surface area contributed by atoms with E-state index < -0.39 is 0 Å². The largest absolute Gasteiger partial charge is 0.493 e. The molecule has 2 bridgehead atoms. The molecular formula is C29H34ClN9O2. The van der Waals surface area contributed by atoms with Crippen LogP contribution in [-0.4, -0.2) is 76.1 Å². The summed E-state index contributed by atoms with van der Waals surface area (Å²) in [5.41, 5.74) is 8.93. The number of benzene rings is 2. The maximum absolute atomic E-state index is 6.27. The molecule has 2 saturated carbocycles. The average molecular weight is 576 g/mol. The van der Waals surface area contributed by atoms with E-state index in [9.17, 15) is 0 Å². The summed E-state index contributed by atoms with van der Waals surface area (Å²) >= 11 is 6.25. The zero-order valence-corrected chi connectivity index (χ0v) is 24.0. The minimum absolute atomic E-state index is 0.0519. The molecule has 2 aromatic heterocycles. The highest BCUT2D eigenvalue weighted by atomic mass is 35.5. The Morgan fingerprint density at radius 3 is 2.37 bits per heavy atom. The van der Waals surface area contributed by atoms with E-state index in [0.717, 1.165) is 49.7 Å². The summed E-state index contributed by atoms with van der Waals surface area (Å²) < 4.78 is 12.3. The number of aromatic nitrogens is 5. The molecule has 4 aromatic rings. The van der Waals surface area contributed by atoms with E-state index in [2.05, 4.69) is 47.3 Å². The number of fused-ring (bicyclic) bond motifs is 3. The number of methoxy groups -OCH3 is 2. The lowest BCUT2D eigenvalue weighted by Gasteiger charge is -2.41. The van der Waals surface area contributed by atoms with Gasteiger partial charge in [0.1, 0.15) is 0 Å². The third-order valence-corrected chi connectivity index (χ3v) is 9.13. The number of nitrogen functional groups attached to an aromatic ring is 1. The Morgan fingerprint density at radius 1 is 0.927 bits per heavy atom. The molecule has 11 nitrogen and oxygen atoms in total. The summed E-state index contributed by atoms with van der Waals surface area (Å²) in [6, 6.07) is 12.7. The quantitative estimate of drug-likeness (QED) is 0.304. The van der Waals surface area contributed by atoms with Crippen LogP contribution >= 0.6 is 11.6 Å². The normalized spacial score (nSPS) is 22.4. The zero-order chi connectivity index (χ0) is 28.1. The molecule has 3 aliphatic rings. The molecule has 2 aliphatic carbocycles. The molecule has 3 unspecified atom stereocenters. The Bertz CT molecular complexity index is 1570. The number of anilines is 4. The first kappa shape index (κ1) is 26.1. The van der Waals surface area contributed by atoms with E-state index in [1.807, 2.05) is 12.1 Å². The van der Waals surface area contributed by atoms with Crippen LogP contribution < -0.4 is 25.4 Å². The first-order valence-corrected chi connectivity index (χ1v) is 14.5. The number of nitrogens with one attached hydrogen (secondary N) is 1. The van der Waals surface area contributed by atoms with Gasteiger partial charge in [-0.15, -0.1) is 5.10 Å². The van der Waals surface area contributed by atoms with E-state index in [1.54, 1.807) is 26.4 Å². The van der Waals surface area contributed by atoms with E-state index in [0.29, 0.717) is 34.2 Å². The lowest BCUT2D eigenvalue weighted by atomic mass is 9.93. The molecule has 12 heteroatoms. The van der Waals surface area contributed by atoms with Gasteiger partial charge in [-0.3, -0.25) is 4.90 Å². The van der Waals surface area contributed by atoms with Crippen LogP contribution in [0.2, 0.25) is 5.28 Å². The van der Waals surface area contributed by atoms with E-state index in [4.69, 9.17) is 26.8 Å². The van der Waals surface area contributed by atoms with Crippen LogP contribution in [0.1, 0.15) is 25.7 Å². The number of hydrogen-bond donors (Lipinski definition) is 2. The molecule has 41 heavy (non-hydrogen) atoms. The molecule has 0 spiro atoms. The van der Waals surface area contributed by atoms with Crippen molar-refractivity contribution >= 4 is 45.8 Å². The monoisotopic (exact) mass is 575 g/mol.